The van der Waals surface area contributed by atoms with Crippen molar-refractivity contribution in [2.45, 2.75) is 52.5 Å². The summed E-state index contributed by atoms with van der Waals surface area (Å²) in [5.41, 5.74) is 0.189. The lowest BCUT2D eigenvalue weighted by Crippen LogP contribution is -2.40. The Morgan fingerprint density at radius 2 is 2.11 bits per heavy atom. The summed E-state index contributed by atoms with van der Waals surface area (Å²) in [4.78, 5) is 0. The molecule has 0 radical (unpaired) electrons. The number of hydrogen-bond donors (Lipinski definition) is 0. The molecule has 0 N–H and O–H groups in total. The molecule has 1 aliphatic heterocycles. The molecule has 1 spiro atoms. The van der Waals surface area contributed by atoms with E-state index in [2.05, 4.69) is 13.8 Å². The SMILES string of the molecule is CCC=CN1[C@@H]2CC3CCC2(CS1(=O)=O)C3(C)C. The number of allylic oxidation sites excluding steroid dienone is 1. The monoisotopic (exact) mass is 269 g/mol. The fourth-order valence-corrected chi connectivity index (χ4v) is 7.18. The summed E-state index contributed by atoms with van der Waals surface area (Å²) in [7, 11) is -3.09. The Kier molecular flexibility index (Phi) is 2.45. The molecule has 0 aromatic rings. The van der Waals surface area contributed by atoms with Gasteiger partial charge < -0.3 is 0 Å². The fraction of sp³-hybridized carbons (Fsp3) is 0.857. The van der Waals surface area contributed by atoms with Crippen molar-refractivity contribution in [1.82, 2.24) is 4.31 Å². The van der Waals surface area contributed by atoms with E-state index in [9.17, 15) is 8.42 Å². The third kappa shape index (κ3) is 1.28. The summed E-state index contributed by atoms with van der Waals surface area (Å²) < 4.78 is 26.5. The van der Waals surface area contributed by atoms with Crippen molar-refractivity contribution < 1.29 is 8.42 Å². The minimum absolute atomic E-state index is 0.00851. The lowest BCUT2D eigenvalue weighted by atomic mass is 9.69. The molecule has 2 bridgehead atoms. The van der Waals surface area contributed by atoms with Gasteiger partial charge in [0.2, 0.25) is 10.0 Å². The Labute approximate surface area is 110 Å². The van der Waals surface area contributed by atoms with E-state index in [1.807, 2.05) is 19.2 Å². The number of fused-ring (bicyclic) bond motifs is 1. The number of nitrogens with zero attached hydrogens (tertiary/aromatic N) is 1. The van der Waals surface area contributed by atoms with Crippen LogP contribution in [0.3, 0.4) is 0 Å². The molecule has 18 heavy (non-hydrogen) atoms. The van der Waals surface area contributed by atoms with E-state index in [-0.39, 0.29) is 16.9 Å². The van der Waals surface area contributed by atoms with Crippen LogP contribution in [0.2, 0.25) is 0 Å². The molecular weight excluding hydrogens is 246 g/mol. The van der Waals surface area contributed by atoms with Crippen molar-refractivity contribution in [3.63, 3.8) is 0 Å². The average molecular weight is 269 g/mol. The Bertz CT molecular complexity index is 494. The highest BCUT2D eigenvalue weighted by atomic mass is 32.2. The minimum atomic E-state index is -3.09. The third-order valence-corrected chi connectivity index (χ3v) is 7.84. The van der Waals surface area contributed by atoms with Gasteiger partial charge in [0, 0.05) is 11.6 Å². The van der Waals surface area contributed by atoms with E-state index in [0.717, 1.165) is 19.3 Å². The van der Waals surface area contributed by atoms with E-state index >= 15 is 0 Å². The molecule has 2 aliphatic carbocycles. The normalized spacial score (nSPS) is 43.8. The first-order valence-electron chi connectivity index (χ1n) is 7.03. The smallest absolute Gasteiger partial charge is 0.235 e. The van der Waals surface area contributed by atoms with Gasteiger partial charge in [0.25, 0.3) is 0 Å². The first kappa shape index (κ1) is 12.5. The quantitative estimate of drug-likeness (QED) is 0.773. The lowest BCUT2D eigenvalue weighted by molar-refractivity contribution is 0.126. The van der Waals surface area contributed by atoms with Crippen molar-refractivity contribution >= 4 is 10.0 Å². The molecule has 1 heterocycles. The zero-order valence-electron chi connectivity index (χ0n) is 11.5. The summed E-state index contributed by atoms with van der Waals surface area (Å²) in [6, 6.07) is 0.221. The Balaban J connectivity index is 2.05. The van der Waals surface area contributed by atoms with Crippen LogP contribution in [-0.4, -0.2) is 24.5 Å². The topological polar surface area (TPSA) is 37.4 Å². The highest BCUT2D eigenvalue weighted by molar-refractivity contribution is 7.89. The summed E-state index contributed by atoms with van der Waals surface area (Å²) in [6.45, 7) is 6.61. The van der Waals surface area contributed by atoms with Gasteiger partial charge in [0.05, 0.1) is 11.8 Å². The molecule has 4 heteroatoms. The molecule has 102 valence electrons. The van der Waals surface area contributed by atoms with Crippen LogP contribution in [0.15, 0.2) is 12.3 Å². The number of rotatable bonds is 2. The van der Waals surface area contributed by atoms with Crippen molar-refractivity contribution in [2.24, 2.45) is 16.7 Å². The van der Waals surface area contributed by atoms with Crippen LogP contribution in [0.1, 0.15) is 46.5 Å². The second kappa shape index (κ2) is 3.53. The van der Waals surface area contributed by atoms with Crippen molar-refractivity contribution in [3.8, 4) is 0 Å². The summed E-state index contributed by atoms with van der Waals surface area (Å²) in [5.74, 6) is 1.07. The maximum Gasteiger partial charge on any atom is 0.235 e. The van der Waals surface area contributed by atoms with Crippen LogP contribution in [0.4, 0.5) is 0 Å². The molecule has 0 aromatic heterocycles. The lowest BCUT2D eigenvalue weighted by Gasteiger charge is -2.36. The molecule has 3 rings (SSSR count). The van der Waals surface area contributed by atoms with Gasteiger partial charge in [0.1, 0.15) is 0 Å². The van der Waals surface area contributed by atoms with Crippen LogP contribution in [0.5, 0.6) is 0 Å². The average Bonchev–Trinajstić information content (AvgIpc) is 2.73. The highest BCUT2D eigenvalue weighted by Gasteiger charge is 2.70. The van der Waals surface area contributed by atoms with Gasteiger partial charge in [-0.25, -0.2) is 8.42 Å². The predicted molar refractivity (Wildman–Crippen MR) is 72.4 cm³/mol. The number of sulfonamides is 1. The molecule has 3 nitrogen and oxygen atoms in total. The predicted octanol–water partition coefficient (Wildman–Crippen LogP) is 2.75. The molecule has 3 fully saturated rings. The summed E-state index contributed by atoms with van der Waals surface area (Å²) >= 11 is 0. The molecule has 3 atom stereocenters. The highest BCUT2D eigenvalue weighted by Crippen LogP contribution is 2.69. The van der Waals surface area contributed by atoms with Gasteiger partial charge in [-0.15, -0.1) is 0 Å². The van der Waals surface area contributed by atoms with Crippen LogP contribution in [0, 0.1) is 16.7 Å². The Morgan fingerprint density at radius 1 is 1.39 bits per heavy atom. The fourth-order valence-electron chi connectivity index (χ4n) is 4.73. The zero-order valence-corrected chi connectivity index (χ0v) is 12.3. The minimum Gasteiger partial charge on any atom is -0.274 e. The van der Waals surface area contributed by atoms with Crippen LogP contribution in [0.25, 0.3) is 0 Å². The summed E-state index contributed by atoms with van der Waals surface area (Å²) in [6.07, 6.45) is 8.04. The Hall–Kier alpha value is -0.510. The van der Waals surface area contributed by atoms with Crippen LogP contribution < -0.4 is 0 Å². The van der Waals surface area contributed by atoms with Crippen molar-refractivity contribution in [3.05, 3.63) is 12.3 Å². The van der Waals surface area contributed by atoms with E-state index in [0.29, 0.717) is 11.7 Å². The zero-order chi connectivity index (χ0) is 13.2. The first-order chi connectivity index (χ1) is 8.35. The molecule has 1 saturated heterocycles. The van der Waals surface area contributed by atoms with Gasteiger partial charge in [-0.2, -0.15) is 0 Å². The molecule has 2 saturated carbocycles. The summed E-state index contributed by atoms with van der Waals surface area (Å²) in [5, 5.41) is 0. The van der Waals surface area contributed by atoms with Gasteiger partial charge in [-0.1, -0.05) is 26.8 Å². The maximum absolute atomic E-state index is 12.4. The molecule has 0 amide bonds. The van der Waals surface area contributed by atoms with Crippen molar-refractivity contribution in [1.29, 1.82) is 0 Å². The van der Waals surface area contributed by atoms with E-state index in [4.69, 9.17) is 0 Å². The van der Waals surface area contributed by atoms with Gasteiger partial charge >= 0.3 is 0 Å². The van der Waals surface area contributed by atoms with Gasteiger partial charge in [0.15, 0.2) is 0 Å². The Morgan fingerprint density at radius 3 is 2.72 bits per heavy atom. The van der Waals surface area contributed by atoms with E-state index in [1.165, 1.54) is 6.42 Å². The molecule has 2 unspecified atom stereocenters. The second-order valence-corrected chi connectivity index (χ2v) is 8.62. The van der Waals surface area contributed by atoms with Crippen LogP contribution >= 0.6 is 0 Å². The largest absolute Gasteiger partial charge is 0.274 e. The van der Waals surface area contributed by atoms with Gasteiger partial charge in [-0.05, 0) is 37.0 Å². The van der Waals surface area contributed by atoms with Gasteiger partial charge in [-0.3, -0.25) is 4.31 Å². The van der Waals surface area contributed by atoms with E-state index < -0.39 is 10.0 Å². The van der Waals surface area contributed by atoms with E-state index in [1.54, 1.807) is 4.31 Å². The first-order valence-corrected chi connectivity index (χ1v) is 8.64. The number of hydrogen-bond acceptors (Lipinski definition) is 2. The van der Waals surface area contributed by atoms with Crippen molar-refractivity contribution in [2.75, 3.05) is 5.75 Å². The standard InChI is InChI=1S/C14H23NO2S/c1-4-5-8-15-12-9-11-6-7-14(12,13(11,2)3)10-18(15,16)17/h5,8,11-12H,4,6-7,9-10H2,1-3H3/t11?,12-,14?/m1/s1. The van der Waals surface area contributed by atoms with Crippen LogP contribution in [-0.2, 0) is 10.0 Å². The third-order valence-electron chi connectivity index (χ3n) is 5.94. The molecule has 0 aromatic carbocycles. The second-order valence-electron chi connectivity index (χ2n) is 6.74. The molecule has 3 aliphatic rings. The maximum atomic E-state index is 12.4. The molecular formula is C14H23NO2S.